The summed E-state index contributed by atoms with van der Waals surface area (Å²) in [4.78, 5) is 11.5. The fourth-order valence-electron chi connectivity index (χ4n) is 2.03. The zero-order valence-electron chi connectivity index (χ0n) is 10.7. The number of rotatable bonds is 4. The van der Waals surface area contributed by atoms with Crippen molar-refractivity contribution in [3.05, 3.63) is 0 Å². The molecule has 1 aliphatic carbocycles. The number of carbonyl (C=O) groups is 1. The van der Waals surface area contributed by atoms with Gasteiger partial charge in [0.05, 0.1) is 5.92 Å². The molecule has 0 bridgehead atoms. The molecule has 0 aliphatic heterocycles. The number of primary sulfonamides is 1. The minimum Gasteiger partial charge on any atom is -0.445 e. The number of nitrogens with two attached hydrogens (primary N) is 1. The van der Waals surface area contributed by atoms with Crippen molar-refractivity contribution in [2.45, 2.75) is 49.6 Å². The summed E-state index contributed by atoms with van der Waals surface area (Å²) in [6.07, 6.45) is -7.56. The molecule has 124 valence electrons. The molecule has 1 fully saturated rings. The molecule has 0 aromatic rings. The molecule has 2 N–H and O–H groups in total. The molecule has 0 heterocycles. The van der Waals surface area contributed by atoms with E-state index in [9.17, 15) is 35.2 Å². The highest BCUT2D eigenvalue weighted by atomic mass is 32.2. The molecule has 1 saturated carbocycles. The maximum Gasteiger partial charge on any atom is 0.432 e. The minimum atomic E-state index is -5.89. The average Bonchev–Trinajstić information content (AvgIpc) is 2.33. The average molecular weight is 339 g/mol. The van der Waals surface area contributed by atoms with Crippen molar-refractivity contribution in [2.24, 2.45) is 11.1 Å². The van der Waals surface area contributed by atoms with Gasteiger partial charge in [0.25, 0.3) is 16.1 Å². The first kappa shape index (κ1) is 18.1. The van der Waals surface area contributed by atoms with Gasteiger partial charge in [0.1, 0.15) is 0 Å². The monoisotopic (exact) mass is 339 g/mol. The predicted octanol–water partition coefficient (Wildman–Crippen LogP) is 1.92. The maximum absolute atomic E-state index is 13.3. The van der Waals surface area contributed by atoms with Crippen LogP contribution >= 0.6 is 0 Å². The summed E-state index contributed by atoms with van der Waals surface area (Å²) >= 11 is 0. The second-order valence-electron chi connectivity index (χ2n) is 4.80. The van der Waals surface area contributed by atoms with E-state index in [0.717, 1.165) is 6.42 Å². The summed E-state index contributed by atoms with van der Waals surface area (Å²) in [5.74, 6) is -2.43. The minimum absolute atomic E-state index is 0.213. The quantitative estimate of drug-likeness (QED) is 0.626. The van der Waals surface area contributed by atoms with Gasteiger partial charge in [-0.05, 0) is 12.8 Å². The van der Waals surface area contributed by atoms with Crippen LogP contribution < -0.4 is 5.14 Å². The molecule has 0 amide bonds. The zero-order chi connectivity index (χ0) is 16.5. The Morgan fingerprint density at radius 3 is 1.95 bits per heavy atom. The predicted molar refractivity (Wildman–Crippen MR) is 60.6 cm³/mol. The van der Waals surface area contributed by atoms with Crippen molar-refractivity contribution in [3.8, 4) is 0 Å². The van der Waals surface area contributed by atoms with E-state index in [1.807, 2.05) is 0 Å². The highest BCUT2D eigenvalue weighted by Crippen LogP contribution is 2.38. The molecule has 0 aromatic heterocycles. The Bertz CT molecular complexity index is 484. The fraction of sp³-hybridized carbons (Fsp3) is 0.900. The zero-order valence-corrected chi connectivity index (χ0v) is 11.5. The number of halogens is 5. The molecule has 0 spiro atoms. The number of hydrogen-bond acceptors (Lipinski definition) is 4. The van der Waals surface area contributed by atoms with Crippen molar-refractivity contribution < 1.29 is 39.9 Å². The summed E-state index contributed by atoms with van der Waals surface area (Å²) < 4.78 is 89.4. The lowest BCUT2D eigenvalue weighted by Crippen LogP contribution is -2.54. The smallest absolute Gasteiger partial charge is 0.432 e. The molecular weight excluding hydrogens is 325 g/mol. The van der Waals surface area contributed by atoms with E-state index in [2.05, 4.69) is 9.88 Å². The van der Waals surface area contributed by atoms with E-state index in [0.29, 0.717) is 12.8 Å². The van der Waals surface area contributed by atoms with Crippen molar-refractivity contribution >= 4 is 16.0 Å². The van der Waals surface area contributed by atoms with Gasteiger partial charge in [-0.25, -0.2) is 13.6 Å². The van der Waals surface area contributed by atoms with E-state index < -0.39 is 39.4 Å². The topological polar surface area (TPSA) is 86.5 Å². The van der Waals surface area contributed by atoms with Crippen LogP contribution in [0.25, 0.3) is 0 Å². The van der Waals surface area contributed by atoms with E-state index >= 15 is 0 Å². The van der Waals surface area contributed by atoms with Gasteiger partial charge in [-0.1, -0.05) is 19.3 Å². The van der Waals surface area contributed by atoms with Crippen molar-refractivity contribution in [1.82, 2.24) is 0 Å². The lowest BCUT2D eigenvalue weighted by molar-refractivity contribution is -0.260. The molecule has 1 unspecified atom stereocenters. The van der Waals surface area contributed by atoms with Crippen molar-refractivity contribution in [2.75, 3.05) is 0 Å². The Kier molecular flexibility index (Phi) is 5.19. The lowest BCUT2D eigenvalue weighted by atomic mass is 9.89. The van der Waals surface area contributed by atoms with Crippen LogP contribution in [0.3, 0.4) is 0 Å². The van der Waals surface area contributed by atoms with Crippen LogP contribution in [0.15, 0.2) is 0 Å². The second-order valence-corrected chi connectivity index (χ2v) is 6.43. The van der Waals surface area contributed by atoms with Crippen molar-refractivity contribution in [3.63, 3.8) is 0 Å². The van der Waals surface area contributed by atoms with Crippen LogP contribution in [-0.4, -0.2) is 31.9 Å². The van der Waals surface area contributed by atoms with Crippen LogP contribution in [-0.2, 0) is 19.6 Å². The second kappa shape index (κ2) is 6.03. The third-order valence-corrected chi connectivity index (χ3v) is 4.13. The van der Waals surface area contributed by atoms with Crippen molar-refractivity contribution in [1.29, 1.82) is 0 Å². The Morgan fingerprint density at radius 1 is 1.10 bits per heavy atom. The Labute approximate surface area is 117 Å². The van der Waals surface area contributed by atoms with Gasteiger partial charge in [0.2, 0.25) is 0 Å². The van der Waals surface area contributed by atoms with Gasteiger partial charge in [-0.15, -0.1) is 0 Å². The van der Waals surface area contributed by atoms with Gasteiger partial charge in [0.15, 0.2) is 0 Å². The van der Waals surface area contributed by atoms with Crippen LogP contribution in [0.1, 0.15) is 32.1 Å². The number of sulfonamides is 1. The molecule has 1 aliphatic rings. The van der Waals surface area contributed by atoms with Crippen LogP contribution in [0, 0.1) is 5.92 Å². The first-order chi connectivity index (χ1) is 9.37. The first-order valence-electron chi connectivity index (χ1n) is 6.04. The normalized spacial score (nSPS) is 20.1. The number of carbonyl (C=O) groups excluding carboxylic acids is 1. The van der Waals surface area contributed by atoms with Crippen LogP contribution in [0.4, 0.5) is 22.0 Å². The van der Waals surface area contributed by atoms with Gasteiger partial charge in [-0.3, -0.25) is 4.79 Å². The molecular formula is C10H14F5NO4S. The number of esters is 1. The Morgan fingerprint density at radius 2 is 1.57 bits per heavy atom. The Balaban J connectivity index is 2.97. The van der Waals surface area contributed by atoms with Crippen LogP contribution in [0.5, 0.6) is 0 Å². The summed E-state index contributed by atoms with van der Waals surface area (Å²) in [7, 11) is -5.89. The first-order valence-corrected chi connectivity index (χ1v) is 7.59. The highest BCUT2D eigenvalue weighted by molar-refractivity contribution is 7.90. The highest BCUT2D eigenvalue weighted by Gasteiger charge is 2.65. The van der Waals surface area contributed by atoms with E-state index in [1.165, 1.54) is 0 Å². The fourth-order valence-corrected chi connectivity index (χ4v) is 2.51. The number of ether oxygens (including phenoxy) is 1. The molecule has 21 heavy (non-hydrogen) atoms. The molecule has 5 nitrogen and oxygen atoms in total. The summed E-state index contributed by atoms with van der Waals surface area (Å²) in [6.45, 7) is 0. The van der Waals surface area contributed by atoms with E-state index in [-0.39, 0.29) is 12.8 Å². The summed E-state index contributed by atoms with van der Waals surface area (Å²) in [5.41, 5.74) is 0. The van der Waals surface area contributed by atoms with E-state index in [4.69, 9.17) is 0 Å². The largest absolute Gasteiger partial charge is 0.445 e. The van der Waals surface area contributed by atoms with Crippen LogP contribution in [0.2, 0.25) is 0 Å². The molecule has 0 radical (unpaired) electrons. The molecule has 1 atom stereocenters. The lowest BCUT2D eigenvalue weighted by Gasteiger charge is -2.29. The number of hydrogen-bond donors (Lipinski definition) is 1. The molecule has 1 rings (SSSR count). The molecule has 11 heteroatoms. The van der Waals surface area contributed by atoms with Gasteiger partial charge in [0, 0.05) is 0 Å². The van der Waals surface area contributed by atoms with Gasteiger partial charge in [-0.2, -0.15) is 22.0 Å². The van der Waals surface area contributed by atoms with Gasteiger partial charge < -0.3 is 4.74 Å². The molecule has 0 aromatic carbocycles. The SMILES string of the molecule is NS(=O)(=O)C(F)(F)C(OC(=O)C1CCCCC1)C(F)(F)F. The molecule has 0 saturated heterocycles. The third-order valence-electron chi connectivity index (χ3n) is 3.15. The number of alkyl halides is 5. The maximum atomic E-state index is 13.3. The standard InChI is InChI=1S/C10H14F5NO4S/c11-9(12,13)8(10(14,15)21(16,18)19)20-7(17)6-4-2-1-3-5-6/h6,8H,1-5H2,(H2,16,18,19). The Hall–Kier alpha value is -0.970. The summed E-state index contributed by atoms with van der Waals surface area (Å²) in [5, 5.41) is -1.35. The summed E-state index contributed by atoms with van der Waals surface area (Å²) in [6, 6.07) is 0. The third kappa shape index (κ3) is 4.25. The van der Waals surface area contributed by atoms with Gasteiger partial charge >= 0.3 is 17.4 Å². The van der Waals surface area contributed by atoms with E-state index in [1.54, 1.807) is 0 Å².